The van der Waals surface area contributed by atoms with Crippen LogP contribution in [0, 0.1) is 11.3 Å². The number of anilines is 1. The molecule has 12 heavy (non-hydrogen) atoms. The lowest BCUT2D eigenvalue weighted by Crippen LogP contribution is -1.93. The molecule has 0 aromatic heterocycles. The first-order valence-corrected chi connectivity index (χ1v) is 4.42. The van der Waals surface area contributed by atoms with E-state index in [-0.39, 0.29) is 0 Å². The second kappa shape index (κ2) is 3.79. The van der Waals surface area contributed by atoms with Crippen LogP contribution in [0.2, 0.25) is 5.02 Å². The number of nitrogens with zero attached hydrogens (tertiary/aromatic N) is 1. The van der Waals surface area contributed by atoms with Crippen molar-refractivity contribution in [2.24, 2.45) is 0 Å². The molecule has 1 aromatic rings. The largest absolute Gasteiger partial charge is 0.398 e. The molecule has 0 spiro atoms. The van der Waals surface area contributed by atoms with Crippen LogP contribution in [0.15, 0.2) is 16.6 Å². The predicted molar refractivity (Wildman–Crippen MR) is 52.9 cm³/mol. The van der Waals surface area contributed by atoms with E-state index in [2.05, 4.69) is 15.9 Å². The van der Waals surface area contributed by atoms with E-state index in [0.29, 0.717) is 17.1 Å². The number of nitriles is 1. The zero-order valence-corrected chi connectivity index (χ0v) is 8.48. The Kier molecular flexibility index (Phi) is 2.96. The normalized spacial score (nSPS) is 9.42. The number of nitrogens with two attached hydrogens (primary N) is 1. The maximum Gasteiger partial charge on any atom is 0.0670 e. The molecule has 2 N–H and O–H groups in total. The average molecular weight is 246 g/mol. The highest BCUT2D eigenvalue weighted by Crippen LogP contribution is 2.27. The van der Waals surface area contributed by atoms with Crippen molar-refractivity contribution >= 4 is 33.2 Å². The summed E-state index contributed by atoms with van der Waals surface area (Å²) in [6.45, 7) is 0. The number of rotatable bonds is 1. The van der Waals surface area contributed by atoms with E-state index in [9.17, 15) is 0 Å². The summed E-state index contributed by atoms with van der Waals surface area (Å²) in [7, 11) is 0. The molecule has 62 valence electrons. The smallest absolute Gasteiger partial charge is 0.0670 e. The standard InChI is InChI=1S/C8H6BrClN2/c9-6-3-5(1-2-11)8(12)4-7(6)10/h3-4H,1,12H2. The summed E-state index contributed by atoms with van der Waals surface area (Å²) < 4.78 is 0.767. The summed E-state index contributed by atoms with van der Waals surface area (Å²) >= 11 is 9.03. The Bertz CT molecular complexity index is 344. The van der Waals surface area contributed by atoms with E-state index in [0.717, 1.165) is 10.0 Å². The molecule has 2 nitrogen and oxygen atoms in total. The fourth-order valence-electron chi connectivity index (χ4n) is 0.842. The van der Waals surface area contributed by atoms with Gasteiger partial charge in [0.1, 0.15) is 0 Å². The minimum absolute atomic E-state index is 0.307. The van der Waals surface area contributed by atoms with Gasteiger partial charge in [0.05, 0.1) is 17.5 Å². The third kappa shape index (κ3) is 1.90. The number of hydrogen-bond acceptors (Lipinski definition) is 2. The monoisotopic (exact) mass is 244 g/mol. The van der Waals surface area contributed by atoms with Crippen LogP contribution in [0.1, 0.15) is 5.56 Å². The van der Waals surface area contributed by atoms with E-state index in [1.54, 1.807) is 12.1 Å². The molecular formula is C8H6BrClN2. The summed E-state index contributed by atoms with van der Waals surface area (Å²) in [5, 5.41) is 9.01. The zero-order valence-electron chi connectivity index (χ0n) is 6.14. The van der Waals surface area contributed by atoms with E-state index in [1.165, 1.54) is 0 Å². The number of hydrogen-bond donors (Lipinski definition) is 1. The first-order chi connectivity index (χ1) is 5.65. The highest BCUT2D eigenvalue weighted by Gasteiger charge is 2.03. The van der Waals surface area contributed by atoms with Crippen LogP contribution < -0.4 is 5.73 Å². The van der Waals surface area contributed by atoms with Gasteiger partial charge in [-0.25, -0.2) is 0 Å². The zero-order chi connectivity index (χ0) is 9.14. The van der Waals surface area contributed by atoms with E-state index in [1.807, 2.05) is 6.07 Å². The molecule has 0 bridgehead atoms. The van der Waals surface area contributed by atoms with Crippen LogP contribution in [0.3, 0.4) is 0 Å². The molecule has 0 radical (unpaired) electrons. The molecule has 0 heterocycles. The van der Waals surface area contributed by atoms with Gasteiger partial charge in [-0.15, -0.1) is 0 Å². The summed E-state index contributed by atoms with van der Waals surface area (Å²) in [6.07, 6.45) is 0.307. The minimum atomic E-state index is 0.307. The second-order valence-electron chi connectivity index (χ2n) is 2.30. The SMILES string of the molecule is N#CCc1cc(Br)c(Cl)cc1N. The first kappa shape index (κ1) is 9.37. The molecule has 0 amide bonds. The van der Waals surface area contributed by atoms with Crippen molar-refractivity contribution in [3.05, 3.63) is 27.2 Å². The van der Waals surface area contributed by atoms with Crippen LogP contribution in [0.25, 0.3) is 0 Å². The lowest BCUT2D eigenvalue weighted by Gasteiger charge is -2.03. The molecule has 0 aliphatic rings. The van der Waals surface area contributed by atoms with E-state index < -0.39 is 0 Å². The highest BCUT2D eigenvalue weighted by molar-refractivity contribution is 9.10. The summed E-state index contributed by atoms with van der Waals surface area (Å²) in [4.78, 5) is 0. The fourth-order valence-corrected chi connectivity index (χ4v) is 1.40. The quantitative estimate of drug-likeness (QED) is 0.774. The summed E-state index contributed by atoms with van der Waals surface area (Å²) in [6, 6.07) is 5.43. The second-order valence-corrected chi connectivity index (χ2v) is 3.56. The van der Waals surface area contributed by atoms with Crippen molar-refractivity contribution in [2.45, 2.75) is 6.42 Å². The molecule has 0 aliphatic heterocycles. The van der Waals surface area contributed by atoms with E-state index >= 15 is 0 Å². The van der Waals surface area contributed by atoms with Crippen molar-refractivity contribution in [1.29, 1.82) is 5.26 Å². The Morgan fingerprint density at radius 1 is 1.58 bits per heavy atom. The van der Waals surface area contributed by atoms with Crippen LogP contribution in [0.4, 0.5) is 5.69 Å². The molecule has 0 aliphatic carbocycles. The summed E-state index contributed by atoms with van der Waals surface area (Å²) in [5.41, 5.74) is 6.98. The van der Waals surface area contributed by atoms with Crippen molar-refractivity contribution < 1.29 is 0 Å². The van der Waals surface area contributed by atoms with Gasteiger partial charge in [0.15, 0.2) is 0 Å². The number of halogens is 2. The van der Waals surface area contributed by atoms with Gasteiger partial charge in [0.2, 0.25) is 0 Å². The van der Waals surface area contributed by atoms with E-state index in [4.69, 9.17) is 22.6 Å². The van der Waals surface area contributed by atoms with Crippen molar-refractivity contribution in [3.8, 4) is 6.07 Å². The van der Waals surface area contributed by atoms with Gasteiger partial charge in [0, 0.05) is 10.2 Å². The number of nitrogen functional groups attached to an aromatic ring is 1. The first-order valence-electron chi connectivity index (χ1n) is 3.25. The molecule has 0 saturated heterocycles. The molecule has 4 heteroatoms. The molecule has 0 fully saturated rings. The highest BCUT2D eigenvalue weighted by atomic mass is 79.9. The van der Waals surface area contributed by atoms with Crippen LogP contribution >= 0.6 is 27.5 Å². The predicted octanol–water partition coefficient (Wildman–Crippen LogP) is 2.75. The van der Waals surface area contributed by atoms with Gasteiger partial charge < -0.3 is 5.73 Å². The van der Waals surface area contributed by atoms with Gasteiger partial charge in [-0.1, -0.05) is 11.6 Å². The van der Waals surface area contributed by atoms with Gasteiger partial charge in [-0.2, -0.15) is 5.26 Å². The minimum Gasteiger partial charge on any atom is -0.398 e. The van der Waals surface area contributed by atoms with Crippen LogP contribution in [-0.2, 0) is 6.42 Å². The number of benzene rings is 1. The van der Waals surface area contributed by atoms with Crippen molar-refractivity contribution in [1.82, 2.24) is 0 Å². The molecule has 0 saturated carbocycles. The third-order valence-electron chi connectivity index (χ3n) is 1.45. The van der Waals surface area contributed by atoms with Gasteiger partial charge >= 0.3 is 0 Å². The molecule has 0 atom stereocenters. The Balaban J connectivity index is 3.16. The topological polar surface area (TPSA) is 49.8 Å². The lowest BCUT2D eigenvalue weighted by molar-refractivity contribution is 1.26. The van der Waals surface area contributed by atoms with Gasteiger partial charge in [-0.05, 0) is 33.6 Å². The Morgan fingerprint density at radius 3 is 2.83 bits per heavy atom. The maximum absolute atomic E-state index is 8.45. The fraction of sp³-hybridized carbons (Fsp3) is 0.125. The molecular weight excluding hydrogens is 239 g/mol. The Labute approximate surface area is 84.1 Å². The lowest BCUT2D eigenvalue weighted by atomic mass is 10.1. The third-order valence-corrected chi connectivity index (χ3v) is 2.65. The summed E-state index contributed by atoms with van der Waals surface area (Å²) in [5.74, 6) is 0. The average Bonchev–Trinajstić information content (AvgIpc) is 2.01. The molecule has 0 unspecified atom stereocenters. The maximum atomic E-state index is 8.45. The molecule has 1 aromatic carbocycles. The van der Waals surface area contributed by atoms with Crippen LogP contribution in [-0.4, -0.2) is 0 Å². The van der Waals surface area contributed by atoms with Gasteiger partial charge in [-0.3, -0.25) is 0 Å². The molecule has 1 rings (SSSR count). The van der Waals surface area contributed by atoms with Gasteiger partial charge in [0.25, 0.3) is 0 Å². The van der Waals surface area contributed by atoms with Crippen molar-refractivity contribution in [3.63, 3.8) is 0 Å². The Morgan fingerprint density at radius 2 is 2.25 bits per heavy atom. The van der Waals surface area contributed by atoms with Crippen molar-refractivity contribution in [2.75, 3.05) is 5.73 Å². The Hall–Kier alpha value is -0.720. The van der Waals surface area contributed by atoms with Crippen LogP contribution in [0.5, 0.6) is 0 Å².